The predicted molar refractivity (Wildman–Crippen MR) is 87.0 cm³/mol. The highest BCUT2D eigenvalue weighted by Gasteiger charge is 2.14. The van der Waals surface area contributed by atoms with Gasteiger partial charge < -0.3 is 14.7 Å². The highest BCUT2D eigenvalue weighted by atomic mass is 16.5. The largest absolute Gasteiger partial charge is 0.508 e. The lowest BCUT2D eigenvalue weighted by Crippen LogP contribution is -2.32. The number of benzene rings is 2. The lowest BCUT2D eigenvalue weighted by Gasteiger charge is -2.31. The number of rotatable bonds is 6. The SMILES string of the molecule is CCC(C)N(Cc1ccc(O)cc1)c1cccc(OC)c1. The monoisotopic (exact) mass is 285 g/mol. The van der Waals surface area contributed by atoms with E-state index in [-0.39, 0.29) is 0 Å². The van der Waals surface area contributed by atoms with Crippen molar-refractivity contribution in [3.63, 3.8) is 0 Å². The van der Waals surface area contributed by atoms with Crippen LogP contribution in [-0.2, 0) is 6.54 Å². The van der Waals surface area contributed by atoms with E-state index in [1.807, 2.05) is 24.3 Å². The number of ether oxygens (including phenoxy) is 1. The first-order valence-corrected chi connectivity index (χ1v) is 7.32. The van der Waals surface area contributed by atoms with Gasteiger partial charge in [-0.25, -0.2) is 0 Å². The minimum atomic E-state index is 0.301. The van der Waals surface area contributed by atoms with E-state index in [0.717, 1.165) is 24.4 Å². The predicted octanol–water partition coefficient (Wildman–Crippen LogP) is 4.21. The number of hydrogen-bond acceptors (Lipinski definition) is 3. The summed E-state index contributed by atoms with van der Waals surface area (Å²) in [6, 6.07) is 16.0. The molecule has 0 spiro atoms. The summed E-state index contributed by atoms with van der Waals surface area (Å²) in [4.78, 5) is 2.36. The van der Waals surface area contributed by atoms with Crippen molar-refractivity contribution >= 4 is 5.69 Å². The van der Waals surface area contributed by atoms with E-state index in [1.54, 1.807) is 19.2 Å². The van der Waals surface area contributed by atoms with Crippen molar-refractivity contribution in [2.75, 3.05) is 12.0 Å². The molecule has 0 bridgehead atoms. The lowest BCUT2D eigenvalue weighted by atomic mass is 10.1. The second kappa shape index (κ2) is 7.02. The highest BCUT2D eigenvalue weighted by Crippen LogP contribution is 2.26. The van der Waals surface area contributed by atoms with Crippen molar-refractivity contribution in [2.45, 2.75) is 32.9 Å². The summed E-state index contributed by atoms with van der Waals surface area (Å²) in [5.41, 5.74) is 2.33. The summed E-state index contributed by atoms with van der Waals surface area (Å²) in [5.74, 6) is 1.17. The maximum Gasteiger partial charge on any atom is 0.120 e. The molecule has 2 aromatic rings. The topological polar surface area (TPSA) is 32.7 Å². The van der Waals surface area contributed by atoms with E-state index in [4.69, 9.17) is 4.74 Å². The van der Waals surface area contributed by atoms with Gasteiger partial charge in [0.15, 0.2) is 0 Å². The van der Waals surface area contributed by atoms with Crippen molar-refractivity contribution in [2.24, 2.45) is 0 Å². The van der Waals surface area contributed by atoms with Crippen molar-refractivity contribution in [1.29, 1.82) is 0 Å². The number of anilines is 1. The maximum absolute atomic E-state index is 9.40. The number of phenolic OH excluding ortho intramolecular Hbond substituents is 1. The highest BCUT2D eigenvalue weighted by molar-refractivity contribution is 5.52. The maximum atomic E-state index is 9.40. The van der Waals surface area contributed by atoms with Crippen molar-refractivity contribution in [1.82, 2.24) is 0 Å². The average Bonchev–Trinajstić information content (AvgIpc) is 2.53. The fraction of sp³-hybridized carbons (Fsp3) is 0.333. The smallest absolute Gasteiger partial charge is 0.120 e. The van der Waals surface area contributed by atoms with Gasteiger partial charge in [0.25, 0.3) is 0 Å². The second-order valence-electron chi connectivity index (χ2n) is 5.25. The Bertz CT molecular complexity index is 566. The van der Waals surface area contributed by atoms with Crippen molar-refractivity contribution in [3.05, 3.63) is 54.1 Å². The zero-order chi connectivity index (χ0) is 15.2. The van der Waals surface area contributed by atoms with Gasteiger partial charge in [0.1, 0.15) is 11.5 Å². The summed E-state index contributed by atoms with van der Waals surface area (Å²) in [7, 11) is 1.69. The van der Waals surface area contributed by atoms with Crippen LogP contribution in [0.4, 0.5) is 5.69 Å². The van der Waals surface area contributed by atoms with E-state index in [1.165, 1.54) is 5.56 Å². The third kappa shape index (κ3) is 3.91. The van der Waals surface area contributed by atoms with Gasteiger partial charge in [-0.05, 0) is 43.2 Å². The molecule has 0 saturated carbocycles. The Balaban J connectivity index is 2.27. The molecule has 0 radical (unpaired) electrons. The van der Waals surface area contributed by atoms with E-state index < -0.39 is 0 Å². The first-order chi connectivity index (χ1) is 10.1. The molecular formula is C18H23NO2. The minimum absolute atomic E-state index is 0.301. The van der Waals surface area contributed by atoms with Gasteiger partial charge in [0, 0.05) is 24.3 Å². The molecule has 0 amide bonds. The number of nitrogens with zero attached hydrogens (tertiary/aromatic N) is 1. The third-order valence-electron chi connectivity index (χ3n) is 3.80. The van der Waals surface area contributed by atoms with E-state index in [2.05, 4.69) is 30.9 Å². The van der Waals surface area contributed by atoms with Crippen LogP contribution >= 0.6 is 0 Å². The lowest BCUT2D eigenvalue weighted by molar-refractivity contribution is 0.414. The molecule has 0 heterocycles. The molecule has 2 rings (SSSR count). The Morgan fingerprint density at radius 2 is 1.86 bits per heavy atom. The molecule has 0 saturated heterocycles. The molecule has 0 fully saturated rings. The fourth-order valence-corrected chi connectivity index (χ4v) is 2.31. The number of phenols is 1. The Labute approximate surface area is 126 Å². The summed E-state index contributed by atoms with van der Waals surface area (Å²) in [5, 5.41) is 9.40. The Kier molecular flexibility index (Phi) is 5.09. The third-order valence-corrected chi connectivity index (χ3v) is 3.80. The standard InChI is InChI=1S/C18H23NO2/c1-4-14(2)19(13-15-8-10-17(20)11-9-15)16-6-5-7-18(12-16)21-3/h5-12,14,20H,4,13H2,1-3H3. The normalized spacial score (nSPS) is 12.0. The molecule has 0 aromatic heterocycles. The van der Waals surface area contributed by atoms with Crippen LogP contribution in [0.15, 0.2) is 48.5 Å². The van der Waals surface area contributed by atoms with E-state index >= 15 is 0 Å². The molecule has 3 heteroatoms. The number of aromatic hydroxyl groups is 1. The fourth-order valence-electron chi connectivity index (χ4n) is 2.31. The van der Waals surface area contributed by atoms with Crippen LogP contribution in [0.5, 0.6) is 11.5 Å². The van der Waals surface area contributed by atoms with Crippen molar-refractivity contribution in [3.8, 4) is 11.5 Å². The summed E-state index contributed by atoms with van der Waals surface area (Å²) in [6.07, 6.45) is 1.06. The molecule has 21 heavy (non-hydrogen) atoms. The average molecular weight is 285 g/mol. The summed E-state index contributed by atoms with van der Waals surface area (Å²) in [6.45, 7) is 5.22. The second-order valence-corrected chi connectivity index (χ2v) is 5.25. The van der Waals surface area contributed by atoms with Crippen LogP contribution in [0.25, 0.3) is 0 Å². The van der Waals surface area contributed by atoms with Crippen LogP contribution in [0.2, 0.25) is 0 Å². The van der Waals surface area contributed by atoms with Gasteiger partial charge in [-0.2, -0.15) is 0 Å². The zero-order valence-electron chi connectivity index (χ0n) is 12.9. The summed E-state index contributed by atoms with van der Waals surface area (Å²) >= 11 is 0. The van der Waals surface area contributed by atoms with Crippen LogP contribution < -0.4 is 9.64 Å². The molecule has 1 atom stereocenters. The van der Waals surface area contributed by atoms with Gasteiger partial charge in [-0.1, -0.05) is 25.1 Å². The van der Waals surface area contributed by atoms with Crippen molar-refractivity contribution < 1.29 is 9.84 Å². The van der Waals surface area contributed by atoms with Gasteiger partial charge in [0.05, 0.1) is 7.11 Å². The molecular weight excluding hydrogens is 262 g/mol. The molecule has 0 aliphatic heterocycles. The molecule has 112 valence electrons. The molecule has 2 aromatic carbocycles. The van der Waals surface area contributed by atoms with Gasteiger partial charge in [-0.15, -0.1) is 0 Å². The van der Waals surface area contributed by atoms with Gasteiger partial charge in [0.2, 0.25) is 0 Å². The minimum Gasteiger partial charge on any atom is -0.508 e. The Morgan fingerprint density at radius 1 is 1.14 bits per heavy atom. The molecule has 3 nitrogen and oxygen atoms in total. The van der Waals surface area contributed by atoms with Crippen LogP contribution in [-0.4, -0.2) is 18.3 Å². The van der Waals surface area contributed by atoms with E-state index in [0.29, 0.717) is 11.8 Å². The molecule has 1 unspecified atom stereocenters. The van der Waals surface area contributed by atoms with Gasteiger partial charge in [-0.3, -0.25) is 0 Å². The molecule has 0 aliphatic carbocycles. The van der Waals surface area contributed by atoms with Crippen LogP contribution in [0.3, 0.4) is 0 Å². The quantitative estimate of drug-likeness (QED) is 0.863. The number of hydrogen-bond donors (Lipinski definition) is 1. The first-order valence-electron chi connectivity index (χ1n) is 7.32. The van der Waals surface area contributed by atoms with Gasteiger partial charge >= 0.3 is 0 Å². The Morgan fingerprint density at radius 3 is 2.48 bits per heavy atom. The number of methoxy groups -OCH3 is 1. The van der Waals surface area contributed by atoms with Crippen LogP contribution in [0, 0.1) is 0 Å². The van der Waals surface area contributed by atoms with Crippen LogP contribution in [0.1, 0.15) is 25.8 Å². The summed E-state index contributed by atoms with van der Waals surface area (Å²) < 4.78 is 5.32. The van der Waals surface area contributed by atoms with E-state index in [9.17, 15) is 5.11 Å². The zero-order valence-corrected chi connectivity index (χ0v) is 12.9. The molecule has 0 aliphatic rings. The first kappa shape index (κ1) is 15.2. The Hall–Kier alpha value is -2.16. The molecule has 1 N–H and O–H groups in total.